The summed E-state index contributed by atoms with van der Waals surface area (Å²) in [4.78, 5) is 21.0. The van der Waals surface area contributed by atoms with Gasteiger partial charge in [-0.25, -0.2) is 4.98 Å². The Bertz CT molecular complexity index is 1280. The zero-order valence-electron chi connectivity index (χ0n) is 20.1. The number of amides is 1. The van der Waals surface area contributed by atoms with Crippen molar-refractivity contribution in [1.82, 2.24) is 9.97 Å². The first-order valence-corrected chi connectivity index (χ1v) is 11.7. The van der Waals surface area contributed by atoms with Gasteiger partial charge < -0.3 is 25.6 Å². The van der Waals surface area contributed by atoms with Crippen molar-refractivity contribution in [3.05, 3.63) is 71.2 Å². The highest BCUT2D eigenvalue weighted by molar-refractivity contribution is 6.03. The topological polar surface area (TPSA) is 117 Å². The van der Waals surface area contributed by atoms with Gasteiger partial charge in [0, 0.05) is 44.5 Å². The van der Waals surface area contributed by atoms with Crippen molar-refractivity contribution in [3.8, 4) is 11.1 Å². The van der Waals surface area contributed by atoms with Gasteiger partial charge in [-0.2, -0.15) is 13.2 Å². The number of alkyl halides is 3. The fraction of sp³-hybridized carbons (Fsp3) is 0.346. The summed E-state index contributed by atoms with van der Waals surface area (Å²) >= 11 is 0. The molecule has 2 aromatic heterocycles. The maximum atomic E-state index is 13.0. The highest BCUT2D eigenvalue weighted by Crippen LogP contribution is 2.36. The highest BCUT2D eigenvalue weighted by atomic mass is 19.4. The first-order valence-electron chi connectivity index (χ1n) is 11.7. The summed E-state index contributed by atoms with van der Waals surface area (Å²) in [5.41, 5.74) is 0.597. The number of aliphatic hydroxyl groups is 2. The number of ether oxygens (including phenoxy) is 1. The van der Waals surface area contributed by atoms with Crippen molar-refractivity contribution in [2.75, 3.05) is 37.0 Å². The summed E-state index contributed by atoms with van der Waals surface area (Å²) in [6.45, 7) is 2.82. The van der Waals surface area contributed by atoms with Gasteiger partial charge in [0.2, 0.25) is 0 Å². The molecule has 1 aliphatic rings. The van der Waals surface area contributed by atoms with Crippen LogP contribution in [0.5, 0.6) is 0 Å². The van der Waals surface area contributed by atoms with Gasteiger partial charge in [0.05, 0.1) is 17.9 Å². The maximum Gasteiger partial charge on any atom is 0.416 e. The van der Waals surface area contributed by atoms with Crippen LogP contribution < -0.4 is 10.6 Å². The van der Waals surface area contributed by atoms with E-state index < -0.39 is 23.2 Å². The number of anilines is 2. The Morgan fingerprint density at radius 3 is 2.59 bits per heavy atom. The molecule has 1 aliphatic heterocycles. The number of carbonyl (C=O) groups is 1. The van der Waals surface area contributed by atoms with Crippen LogP contribution in [-0.2, 0) is 16.5 Å². The molecule has 0 aliphatic carbocycles. The van der Waals surface area contributed by atoms with Crippen LogP contribution in [-0.4, -0.2) is 52.5 Å². The number of nitrogens with zero attached hydrogens (tertiary/aromatic N) is 2. The van der Waals surface area contributed by atoms with Crippen molar-refractivity contribution < 1.29 is 32.9 Å². The van der Waals surface area contributed by atoms with E-state index in [0.29, 0.717) is 54.9 Å². The number of pyridine rings is 2. The van der Waals surface area contributed by atoms with Gasteiger partial charge in [0.15, 0.2) is 0 Å². The average molecular weight is 517 g/mol. The molecule has 4 N–H and O–H groups in total. The van der Waals surface area contributed by atoms with Crippen molar-refractivity contribution in [2.45, 2.75) is 31.5 Å². The second kappa shape index (κ2) is 10.8. The van der Waals surface area contributed by atoms with E-state index >= 15 is 0 Å². The van der Waals surface area contributed by atoms with E-state index in [0.717, 1.165) is 23.4 Å². The maximum absolute atomic E-state index is 13.0. The molecule has 0 saturated carbocycles. The number of rotatable bonds is 7. The third kappa shape index (κ3) is 6.24. The number of aromatic nitrogens is 2. The minimum Gasteiger partial charge on any atom is -0.395 e. The van der Waals surface area contributed by atoms with E-state index in [9.17, 15) is 28.2 Å². The van der Waals surface area contributed by atoms with Crippen LogP contribution in [0.25, 0.3) is 11.1 Å². The Morgan fingerprint density at radius 2 is 1.89 bits per heavy atom. The third-order valence-corrected chi connectivity index (χ3v) is 6.17. The quantitative estimate of drug-likeness (QED) is 0.373. The Morgan fingerprint density at radius 1 is 1.14 bits per heavy atom. The highest BCUT2D eigenvalue weighted by Gasteiger charge is 2.34. The predicted octanol–water partition coefficient (Wildman–Crippen LogP) is 4.13. The monoisotopic (exact) mass is 516 g/mol. The molecule has 1 fully saturated rings. The Kier molecular flexibility index (Phi) is 7.76. The van der Waals surface area contributed by atoms with Crippen molar-refractivity contribution >= 4 is 17.4 Å². The van der Waals surface area contributed by atoms with Crippen LogP contribution in [0.1, 0.15) is 40.2 Å². The number of carbonyl (C=O) groups excluding carboxylic acids is 1. The van der Waals surface area contributed by atoms with E-state index in [1.807, 2.05) is 6.92 Å². The first kappa shape index (κ1) is 26.5. The molecule has 1 amide bonds. The Hall–Kier alpha value is -3.54. The molecule has 0 radical (unpaired) electrons. The zero-order chi connectivity index (χ0) is 26.6. The molecule has 1 saturated heterocycles. The van der Waals surface area contributed by atoms with Crippen LogP contribution >= 0.6 is 0 Å². The van der Waals surface area contributed by atoms with E-state index in [1.165, 1.54) is 0 Å². The van der Waals surface area contributed by atoms with Gasteiger partial charge in [-0.3, -0.25) is 9.78 Å². The van der Waals surface area contributed by atoms with Gasteiger partial charge in [-0.1, -0.05) is 6.07 Å². The second-order valence-corrected chi connectivity index (χ2v) is 8.83. The summed E-state index contributed by atoms with van der Waals surface area (Å²) in [5, 5.41) is 26.1. The lowest BCUT2D eigenvalue weighted by atomic mass is 9.88. The number of aliphatic hydroxyl groups excluding tert-OH is 1. The van der Waals surface area contributed by atoms with E-state index in [-0.39, 0.29) is 18.8 Å². The second-order valence-electron chi connectivity index (χ2n) is 8.83. The largest absolute Gasteiger partial charge is 0.416 e. The summed E-state index contributed by atoms with van der Waals surface area (Å²) in [6, 6.07) is 10.2. The molecule has 0 atom stereocenters. The first-order chi connectivity index (χ1) is 17.6. The average Bonchev–Trinajstić information content (AvgIpc) is 2.88. The molecule has 196 valence electrons. The number of nitrogens with one attached hydrogen (secondary N) is 2. The van der Waals surface area contributed by atoms with Gasteiger partial charge >= 0.3 is 6.18 Å². The molecule has 4 rings (SSSR count). The molecule has 8 nitrogen and oxygen atoms in total. The lowest BCUT2D eigenvalue weighted by molar-refractivity contribution is -0.137. The number of aryl methyl sites for hydroxylation is 1. The lowest BCUT2D eigenvalue weighted by Crippen LogP contribution is -2.34. The SMILES string of the molecule is Cc1ccc(NC(=O)c2cc(C(F)(F)F)ccn2)cc1-c1cc(NCCO)nc(C2(O)CCOCC2)c1. The van der Waals surface area contributed by atoms with E-state index in [2.05, 4.69) is 20.6 Å². The molecule has 0 spiro atoms. The predicted molar refractivity (Wildman–Crippen MR) is 131 cm³/mol. The molecule has 3 aromatic rings. The molecule has 37 heavy (non-hydrogen) atoms. The van der Waals surface area contributed by atoms with Crippen LogP contribution in [0.2, 0.25) is 0 Å². The van der Waals surface area contributed by atoms with Crippen molar-refractivity contribution in [1.29, 1.82) is 0 Å². The van der Waals surface area contributed by atoms with Crippen LogP contribution in [0, 0.1) is 6.92 Å². The Labute approximate surface area is 211 Å². The summed E-state index contributed by atoms with van der Waals surface area (Å²) < 4.78 is 44.5. The molecule has 3 heterocycles. The summed E-state index contributed by atoms with van der Waals surface area (Å²) in [5.74, 6) is -0.318. The van der Waals surface area contributed by atoms with Crippen LogP contribution in [0.3, 0.4) is 0 Å². The number of hydrogen-bond acceptors (Lipinski definition) is 7. The van der Waals surface area contributed by atoms with Crippen molar-refractivity contribution in [3.63, 3.8) is 0 Å². The zero-order valence-corrected chi connectivity index (χ0v) is 20.1. The number of hydrogen-bond donors (Lipinski definition) is 4. The molecule has 1 aromatic carbocycles. The van der Waals surface area contributed by atoms with Crippen molar-refractivity contribution in [2.24, 2.45) is 0 Å². The molecular weight excluding hydrogens is 489 g/mol. The normalized spacial score (nSPS) is 15.3. The summed E-state index contributed by atoms with van der Waals surface area (Å²) in [6.07, 6.45) is -2.90. The van der Waals surface area contributed by atoms with E-state index in [4.69, 9.17) is 4.74 Å². The lowest BCUT2D eigenvalue weighted by Gasteiger charge is -2.32. The van der Waals surface area contributed by atoms with Crippen LogP contribution in [0.4, 0.5) is 24.7 Å². The van der Waals surface area contributed by atoms with Gasteiger partial charge in [0.1, 0.15) is 17.1 Å². The number of halogens is 3. The smallest absolute Gasteiger partial charge is 0.395 e. The minimum atomic E-state index is -4.59. The molecular formula is C26H27F3N4O4. The third-order valence-electron chi connectivity index (χ3n) is 6.17. The fourth-order valence-corrected chi connectivity index (χ4v) is 4.10. The standard InChI is InChI=1S/C26H27F3N4O4/c1-16-2-3-19(32-24(35)21-14-18(4-7-30-21)26(27,28)29)15-20(16)17-12-22(25(36)5-10-37-11-6-25)33-23(13-17)31-8-9-34/h2-4,7,12-15,34,36H,5-6,8-11H2,1H3,(H,31,33)(H,32,35). The molecule has 0 bridgehead atoms. The van der Waals surface area contributed by atoms with Gasteiger partial charge in [0.25, 0.3) is 5.91 Å². The Balaban J connectivity index is 1.67. The van der Waals surface area contributed by atoms with Gasteiger partial charge in [-0.05, 0) is 60.0 Å². The molecule has 11 heteroatoms. The fourth-order valence-electron chi connectivity index (χ4n) is 4.10. The van der Waals surface area contributed by atoms with Gasteiger partial charge in [-0.15, -0.1) is 0 Å². The van der Waals surface area contributed by atoms with Crippen LogP contribution in [0.15, 0.2) is 48.7 Å². The minimum absolute atomic E-state index is 0.108. The summed E-state index contributed by atoms with van der Waals surface area (Å²) in [7, 11) is 0. The molecule has 0 unspecified atom stereocenters. The number of benzene rings is 1. The van der Waals surface area contributed by atoms with E-state index in [1.54, 1.807) is 30.3 Å².